The van der Waals surface area contributed by atoms with E-state index in [4.69, 9.17) is 14.2 Å². The summed E-state index contributed by atoms with van der Waals surface area (Å²) in [5.41, 5.74) is 2.87. The molecule has 8 nitrogen and oxygen atoms in total. The summed E-state index contributed by atoms with van der Waals surface area (Å²) in [6.45, 7) is 0.979. The summed E-state index contributed by atoms with van der Waals surface area (Å²) in [5.74, 6) is 1.57. The van der Waals surface area contributed by atoms with E-state index in [0.717, 1.165) is 22.4 Å². The molecule has 2 heterocycles. The van der Waals surface area contributed by atoms with Crippen LogP contribution in [0.3, 0.4) is 0 Å². The van der Waals surface area contributed by atoms with E-state index in [1.165, 1.54) is 10.4 Å². The first-order valence-corrected chi connectivity index (χ1v) is 11.5. The molecule has 0 aromatic heterocycles. The van der Waals surface area contributed by atoms with Gasteiger partial charge in [0, 0.05) is 25.7 Å². The highest BCUT2D eigenvalue weighted by Gasteiger charge is 2.26. The quantitative estimate of drug-likeness (QED) is 0.656. The van der Waals surface area contributed by atoms with E-state index in [0.29, 0.717) is 31.0 Å². The predicted octanol–water partition coefficient (Wildman–Crippen LogP) is 1.94. The van der Waals surface area contributed by atoms with Gasteiger partial charge < -0.3 is 19.5 Å². The number of amides is 1. The topological polar surface area (TPSA) is 94.2 Å². The second-order valence-corrected chi connectivity index (χ2v) is 9.36. The molecule has 31 heavy (non-hydrogen) atoms. The van der Waals surface area contributed by atoms with Crippen LogP contribution in [0.25, 0.3) is 6.08 Å². The molecule has 164 valence electrons. The molecule has 2 aromatic carbocycles. The van der Waals surface area contributed by atoms with Crippen LogP contribution in [0.1, 0.15) is 16.7 Å². The summed E-state index contributed by atoms with van der Waals surface area (Å²) in [4.78, 5) is 12.1. The van der Waals surface area contributed by atoms with Crippen molar-refractivity contribution in [3.05, 3.63) is 59.2 Å². The standard InChI is InChI=1S/C22H24N2O6S/c1-28-19-5-4-18-14-24(10-8-17(18)13-19)31(26,27)11-9-23-22(25)7-3-16-2-6-20-21(12-16)30-15-29-20/h2-7,12-13H,8-11,14-15H2,1H3,(H,23,25)/b7-3+. The van der Waals surface area contributed by atoms with Crippen molar-refractivity contribution in [1.29, 1.82) is 0 Å². The predicted molar refractivity (Wildman–Crippen MR) is 116 cm³/mol. The number of rotatable bonds is 7. The Balaban J connectivity index is 1.28. The van der Waals surface area contributed by atoms with Gasteiger partial charge in [-0.25, -0.2) is 8.42 Å². The first kappa shape index (κ1) is 21.2. The highest BCUT2D eigenvalue weighted by molar-refractivity contribution is 7.89. The van der Waals surface area contributed by atoms with E-state index >= 15 is 0 Å². The number of benzene rings is 2. The minimum Gasteiger partial charge on any atom is -0.497 e. The zero-order valence-corrected chi connectivity index (χ0v) is 18.0. The number of hydrogen-bond acceptors (Lipinski definition) is 6. The highest BCUT2D eigenvalue weighted by Crippen LogP contribution is 2.32. The normalized spacial score (nSPS) is 15.6. The van der Waals surface area contributed by atoms with Crippen molar-refractivity contribution in [2.45, 2.75) is 13.0 Å². The Bertz CT molecular complexity index is 1110. The molecule has 2 aromatic rings. The fraction of sp³-hybridized carbons (Fsp3) is 0.318. The summed E-state index contributed by atoms with van der Waals surface area (Å²) in [6, 6.07) is 11.1. The number of methoxy groups -OCH3 is 1. The van der Waals surface area contributed by atoms with Crippen LogP contribution in [0.4, 0.5) is 0 Å². The number of fused-ring (bicyclic) bond motifs is 2. The second kappa shape index (κ2) is 8.99. The summed E-state index contributed by atoms with van der Waals surface area (Å²) < 4.78 is 42.6. The van der Waals surface area contributed by atoms with E-state index in [9.17, 15) is 13.2 Å². The van der Waals surface area contributed by atoms with Crippen molar-refractivity contribution < 1.29 is 27.4 Å². The van der Waals surface area contributed by atoms with Gasteiger partial charge in [0.1, 0.15) is 5.75 Å². The van der Waals surface area contributed by atoms with Gasteiger partial charge in [-0.15, -0.1) is 0 Å². The van der Waals surface area contributed by atoms with Crippen LogP contribution in [0, 0.1) is 0 Å². The maximum Gasteiger partial charge on any atom is 0.244 e. The lowest BCUT2D eigenvalue weighted by molar-refractivity contribution is -0.116. The fourth-order valence-corrected chi connectivity index (χ4v) is 4.87. The van der Waals surface area contributed by atoms with Gasteiger partial charge in [-0.2, -0.15) is 4.31 Å². The molecule has 0 fully saturated rings. The lowest BCUT2D eigenvalue weighted by atomic mass is 10.0. The lowest BCUT2D eigenvalue weighted by Crippen LogP contribution is -2.40. The van der Waals surface area contributed by atoms with E-state index in [2.05, 4.69) is 5.32 Å². The number of hydrogen-bond donors (Lipinski definition) is 1. The van der Waals surface area contributed by atoms with Crippen molar-refractivity contribution >= 4 is 22.0 Å². The molecule has 1 amide bonds. The van der Waals surface area contributed by atoms with Crippen LogP contribution in [-0.4, -0.2) is 51.4 Å². The van der Waals surface area contributed by atoms with Gasteiger partial charge in [0.05, 0.1) is 12.9 Å². The van der Waals surface area contributed by atoms with Crippen molar-refractivity contribution in [3.8, 4) is 17.2 Å². The van der Waals surface area contributed by atoms with Gasteiger partial charge in [0.15, 0.2) is 11.5 Å². The van der Waals surface area contributed by atoms with Gasteiger partial charge in [0.2, 0.25) is 22.7 Å². The number of ether oxygens (including phenoxy) is 3. The van der Waals surface area contributed by atoms with Crippen molar-refractivity contribution in [2.24, 2.45) is 0 Å². The molecular formula is C22H24N2O6S. The Morgan fingerprint density at radius 3 is 2.84 bits per heavy atom. The number of nitrogens with one attached hydrogen (secondary N) is 1. The molecule has 2 aliphatic heterocycles. The number of carbonyl (C=O) groups excluding carboxylic acids is 1. The molecule has 0 saturated heterocycles. The van der Waals surface area contributed by atoms with Crippen LogP contribution in [-0.2, 0) is 27.8 Å². The van der Waals surface area contributed by atoms with Crippen LogP contribution in [0.15, 0.2) is 42.5 Å². The van der Waals surface area contributed by atoms with Gasteiger partial charge in [-0.05, 0) is 53.5 Å². The molecular weight excluding hydrogens is 420 g/mol. The summed E-state index contributed by atoms with van der Waals surface area (Å²) in [7, 11) is -1.87. The Morgan fingerprint density at radius 2 is 2.00 bits per heavy atom. The fourth-order valence-electron chi connectivity index (χ4n) is 3.55. The molecule has 2 aliphatic rings. The maximum atomic E-state index is 12.7. The van der Waals surface area contributed by atoms with Crippen molar-refractivity contribution in [1.82, 2.24) is 9.62 Å². The SMILES string of the molecule is COc1ccc2c(c1)CCN(S(=O)(=O)CCNC(=O)/C=C/c1ccc3c(c1)OCO3)C2. The van der Waals surface area contributed by atoms with Crippen LogP contribution < -0.4 is 19.5 Å². The molecule has 0 radical (unpaired) electrons. The molecule has 0 unspecified atom stereocenters. The van der Waals surface area contributed by atoms with Crippen LogP contribution in [0.2, 0.25) is 0 Å². The third-order valence-electron chi connectivity index (χ3n) is 5.27. The molecule has 1 N–H and O–H groups in total. The monoisotopic (exact) mass is 444 g/mol. The van der Waals surface area contributed by atoms with E-state index in [1.54, 1.807) is 25.3 Å². The van der Waals surface area contributed by atoms with Gasteiger partial charge in [-0.1, -0.05) is 12.1 Å². The third kappa shape index (κ3) is 5.00. The zero-order valence-electron chi connectivity index (χ0n) is 17.2. The van der Waals surface area contributed by atoms with Crippen molar-refractivity contribution in [3.63, 3.8) is 0 Å². The van der Waals surface area contributed by atoms with E-state index < -0.39 is 10.0 Å². The van der Waals surface area contributed by atoms with E-state index in [1.807, 2.05) is 24.3 Å². The van der Waals surface area contributed by atoms with Crippen LogP contribution >= 0.6 is 0 Å². The van der Waals surface area contributed by atoms with Gasteiger partial charge in [0.25, 0.3) is 0 Å². The summed E-state index contributed by atoms with van der Waals surface area (Å²) in [5, 5.41) is 2.63. The summed E-state index contributed by atoms with van der Waals surface area (Å²) in [6.07, 6.45) is 3.65. The number of sulfonamides is 1. The van der Waals surface area contributed by atoms with E-state index in [-0.39, 0.29) is 25.0 Å². The van der Waals surface area contributed by atoms with Crippen molar-refractivity contribution in [2.75, 3.05) is 32.7 Å². The Morgan fingerprint density at radius 1 is 1.16 bits per heavy atom. The van der Waals surface area contributed by atoms with Gasteiger partial charge >= 0.3 is 0 Å². The van der Waals surface area contributed by atoms with Gasteiger partial charge in [-0.3, -0.25) is 4.79 Å². The smallest absolute Gasteiger partial charge is 0.244 e. The van der Waals surface area contributed by atoms with Crippen LogP contribution in [0.5, 0.6) is 17.2 Å². The minimum atomic E-state index is -3.48. The first-order valence-electron chi connectivity index (χ1n) is 9.94. The molecule has 0 saturated carbocycles. The second-order valence-electron chi connectivity index (χ2n) is 7.27. The average Bonchev–Trinajstić information content (AvgIpc) is 3.24. The highest BCUT2D eigenvalue weighted by atomic mass is 32.2. The maximum absolute atomic E-state index is 12.7. The molecule has 0 aliphatic carbocycles. The molecule has 0 bridgehead atoms. The molecule has 4 rings (SSSR count). The minimum absolute atomic E-state index is 0.0403. The molecule has 0 spiro atoms. The Kier molecular flexibility index (Phi) is 6.15. The Labute approximate surface area is 181 Å². The number of nitrogens with zero attached hydrogens (tertiary/aromatic N) is 1. The first-order chi connectivity index (χ1) is 14.9. The zero-order chi connectivity index (χ0) is 21.8. The average molecular weight is 445 g/mol. The molecule has 0 atom stereocenters. The lowest BCUT2D eigenvalue weighted by Gasteiger charge is -2.28. The molecule has 9 heteroatoms. The largest absolute Gasteiger partial charge is 0.497 e. The Hall–Kier alpha value is -3.04. The number of carbonyl (C=O) groups is 1. The summed E-state index contributed by atoms with van der Waals surface area (Å²) >= 11 is 0. The third-order valence-corrected chi connectivity index (χ3v) is 7.09.